The van der Waals surface area contributed by atoms with Gasteiger partial charge in [0, 0.05) is 10.8 Å². The third-order valence-corrected chi connectivity index (χ3v) is 4.45. The molecular weight excluding hydrogens is 330 g/mol. The van der Waals surface area contributed by atoms with Crippen LogP contribution < -0.4 is 5.73 Å². The van der Waals surface area contributed by atoms with E-state index in [2.05, 4.69) is 10.2 Å². The van der Waals surface area contributed by atoms with Gasteiger partial charge in [0.1, 0.15) is 0 Å². The van der Waals surface area contributed by atoms with Crippen LogP contribution in [0.15, 0.2) is 64.2 Å². The molecule has 4 nitrogen and oxygen atoms in total. The first-order chi connectivity index (χ1) is 11.2. The third kappa shape index (κ3) is 4.58. The quantitative estimate of drug-likeness (QED) is 0.676. The van der Waals surface area contributed by atoms with E-state index in [1.807, 2.05) is 54.6 Å². The van der Waals surface area contributed by atoms with E-state index in [0.717, 1.165) is 21.9 Å². The van der Waals surface area contributed by atoms with Crippen molar-refractivity contribution < 1.29 is 4.42 Å². The van der Waals surface area contributed by atoms with E-state index in [1.54, 1.807) is 0 Å². The van der Waals surface area contributed by atoms with Crippen molar-refractivity contribution in [1.82, 2.24) is 10.2 Å². The van der Waals surface area contributed by atoms with Crippen LogP contribution in [0.5, 0.6) is 0 Å². The second-order valence-electron chi connectivity index (χ2n) is 5.12. The number of nitrogens with zero attached hydrogens (tertiary/aromatic N) is 2. The average Bonchev–Trinajstić information content (AvgIpc) is 3.04. The molecule has 0 fully saturated rings. The van der Waals surface area contributed by atoms with Gasteiger partial charge in [-0.3, -0.25) is 0 Å². The second kappa shape index (κ2) is 7.64. The Morgan fingerprint density at radius 3 is 2.48 bits per heavy atom. The standard InChI is InChI=1S/C17H16ClN3OS/c18-14-8-6-13(7-9-14)11-23-17-21-20-16(22-17)15(19)10-12-4-2-1-3-5-12/h1-9,15H,10-11,19H2. The molecule has 6 heteroatoms. The van der Waals surface area contributed by atoms with Gasteiger partial charge in [0.2, 0.25) is 5.89 Å². The van der Waals surface area contributed by atoms with Gasteiger partial charge in [0.05, 0.1) is 6.04 Å². The van der Waals surface area contributed by atoms with E-state index in [9.17, 15) is 0 Å². The summed E-state index contributed by atoms with van der Waals surface area (Å²) in [6.45, 7) is 0. The molecule has 1 unspecified atom stereocenters. The van der Waals surface area contributed by atoms with Crippen molar-refractivity contribution in [3.05, 3.63) is 76.6 Å². The second-order valence-corrected chi connectivity index (χ2v) is 6.48. The number of halogens is 1. The van der Waals surface area contributed by atoms with E-state index in [0.29, 0.717) is 17.5 Å². The molecule has 0 aliphatic carbocycles. The minimum atomic E-state index is -0.296. The Morgan fingerprint density at radius 2 is 1.74 bits per heavy atom. The molecule has 0 aliphatic rings. The highest BCUT2D eigenvalue weighted by molar-refractivity contribution is 7.98. The van der Waals surface area contributed by atoms with E-state index < -0.39 is 0 Å². The minimum Gasteiger partial charge on any atom is -0.414 e. The van der Waals surface area contributed by atoms with Crippen LogP contribution in [0, 0.1) is 0 Å². The normalized spacial score (nSPS) is 12.3. The zero-order chi connectivity index (χ0) is 16.1. The van der Waals surface area contributed by atoms with Crippen LogP contribution >= 0.6 is 23.4 Å². The van der Waals surface area contributed by atoms with Crippen molar-refractivity contribution in [3.63, 3.8) is 0 Å². The van der Waals surface area contributed by atoms with E-state index in [-0.39, 0.29) is 6.04 Å². The molecule has 0 amide bonds. The summed E-state index contributed by atoms with van der Waals surface area (Å²) in [5.41, 5.74) is 8.44. The molecule has 1 heterocycles. The summed E-state index contributed by atoms with van der Waals surface area (Å²) in [4.78, 5) is 0. The van der Waals surface area contributed by atoms with Crippen LogP contribution in [-0.4, -0.2) is 10.2 Å². The number of hydrogen-bond donors (Lipinski definition) is 1. The van der Waals surface area contributed by atoms with Gasteiger partial charge in [-0.1, -0.05) is 65.8 Å². The number of rotatable bonds is 6. The maximum atomic E-state index is 6.14. The molecule has 2 aromatic carbocycles. The zero-order valence-corrected chi connectivity index (χ0v) is 13.9. The summed E-state index contributed by atoms with van der Waals surface area (Å²) < 4.78 is 5.65. The Morgan fingerprint density at radius 1 is 1.00 bits per heavy atom. The summed E-state index contributed by atoms with van der Waals surface area (Å²) in [7, 11) is 0. The smallest absolute Gasteiger partial charge is 0.276 e. The molecule has 0 radical (unpaired) electrons. The number of thioether (sulfide) groups is 1. The highest BCUT2D eigenvalue weighted by Crippen LogP contribution is 2.24. The predicted molar refractivity (Wildman–Crippen MR) is 92.4 cm³/mol. The number of nitrogens with two attached hydrogens (primary N) is 1. The molecule has 3 rings (SSSR count). The molecule has 23 heavy (non-hydrogen) atoms. The number of benzene rings is 2. The van der Waals surface area contributed by atoms with Crippen molar-refractivity contribution >= 4 is 23.4 Å². The van der Waals surface area contributed by atoms with Crippen LogP contribution in [0.25, 0.3) is 0 Å². The molecule has 0 saturated carbocycles. The molecule has 0 bridgehead atoms. The van der Waals surface area contributed by atoms with Crippen molar-refractivity contribution in [2.75, 3.05) is 0 Å². The Hall–Kier alpha value is -1.82. The first kappa shape index (κ1) is 16.1. The lowest BCUT2D eigenvalue weighted by Gasteiger charge is -2.06. The van der Waals surface area contributed by atoms with Crippen molar-refractivity contribution in [2.45, 2.75) is 23.4 Å². The fraction of sp³-hybridized carbons (Fsp3) is 0.176. The topological polar surface area (TPSA) is 64.9 Å². The van der Waals surface area contributed by atoms with Gasteiger partial charge in [-0.05, 0) is 29.7 Å². The van der Waals surface area contributed by atoms with E-state index in [4.69, 9.17) is 21.8 Å². The maximum Gasteiger partial charge on any atom is 0.276 e. The molecule has 3 aromatic rings. The van der Waals surface area contributed by atoms with Crippen LogP contribution in [0.3, 0.4) is 0 Å². The van der Waals surface area contributed by atoms with Crippen LogP contribution in [0.4, 0.5) is 0 Å². The Kier molecular flexibility index (Phi) is 5.33. The molecular formula is C17H16ClN3OS. The molecule has 0 saturated heterocycles. The van der Waals surface area contributed by atoms with Gasteiger partial charge in [0.25, 0.3) is 5.22 Å². The minimum absolute atomic E-state index is 0.296. The summed E-state index contributed by atoms with van der Waals surface area (Å²) in [5, 5.41) is 9.36. The van der Waals surface area contributed by atoms with Gasteiger partial charge in [-0.25, -0.2) is 0 Å². The van der Waals surface area contributed by atoms with Crippen LogP contribution in [0.1, 0.15) is 23.1 Å². The van der Waals surface area contributed by atoms with Crippen LogP contribution in [0.2, 0.25) is 5.02 Å². The van der Waals surface area contributed by atoms with Gasteiger partial charge < -0.3 is 10.2 Å². The summed E-state index contributed by atoms with van der Waals surface area (Å²) in [5.74, 6) is 1.21. The van der Waals surface area contributed by atoms with Crippen LogP contribution in [-0.2, 0) is 12.2 Å². The third-order valence-electron chi connectivity index (χ3n) is 3.31. The van der Waals surface area contributed by atoms with Crippen molar-refractivity contribution in [1.29, 1.82) is 0 Å². The van der Waals surface area contributed by atoms with Crippen molar-refractivity contribution in [2.24, 2.45) is 5.73 Å². The van der Waals surface area contributed by atoms with Gasteiger partial charge in [0.15, 0.2) is 0 Å². The number of hydrogen-bond acceptors (Lipinski definition) is 5. The summed E-state index contributed by atoms with van der Waals surface area (Å²) >= 11 is 7.36. The zero-order valence-electron chi connectivity index (χ0n) is 12.4. The Balaban J connectivity index is 1.58. The first-order valence-electron chi connectivity index (χ1n) is 7.21. The van der Waals surface area contributed by atoms with Gasteiger partial charge in [-0.15, -0.1) is 10.2 Å². The lowest BCUT2D eigenvalue weighted by atomic mass is 10.1. The average molecular weight is 346 g/mol. The first-order valence-corrected chi connectivity index (χ1v) is 8.57. The lowest BCUT2D eigenvalue weighted by molar-refractivity contribution is 0.385. The molecule has 1 atom stereocenters. The Labute approximate surface area is 144 Å². The highest BCUT2D eigenvalue weighted by Gasteiger charge is 2.15. The number of aromatic nitrogens is 2. The maximum absolute atomic E-state index is 6.14. The molecule has 2 N–H and O–H groups in total. The molecule has 0 spiro atoms. The SMILES string of the molecule is NC(Cc1ccccc1)c1nnc(SCc2ccc(Cl)cc2)o1. The van der Waals surface area contributed by atoms with Gasteiger partial charge in [-0.2, -0.15) is 0 Å². The summed E-state index contributed by atoms with van der Waals surface area (Å²) in [6.07, 6.45) is 0.671. The highest BCUT2D eigenvalue weighted by atomic mass is 35.5. The lowest BCUT2D eigenvalue weighted by Crippen LogP contribution is -2.13. The largest absolute Gasteiger partial charge is 0.414 e. The van der Waals surface area contributed by atoms with Gasteiger partial charge >= 0.3 is 0 Å². The molecule has 118 valence electrons. The Bertz CT molecular complexity index is 746. The van der Waals surface area contributed by atoms with Crippen molar-refractivity contribution in [3.8, 4) is 0 Å². The fourth-order valence-electron chi connectivity index (χ4n) is 2.11. The molecule has 0 aliphatic heterocycles. The van der Waals surface area contributed by atoms with E-state index >= 15 is 0 Å². The summed E-state index contributed by atoms with van der Waals surface area (Å²) in [6, 6.07) is 17.4. The predicted octanol–water partition coefficient (Wildman–Crippen LogP) is 4.26. The van der Waals surface area contributed by atoms with E-state index in [1.165, 1.54) is 11.8 Å². The molecule has 1 aromatic heterocycles. The monoisotopic (exact) mass is 345 g/mol. The fourth-order valence-corrected chi connectivity index (χ4v) is 2.96.